The third kappa shape index (κ3) is 3.58. The molecule has 0 saturated carbocycles. The molecule has 3 rings (SSSR count). The van der Waals surface area contributed by atoms with Crippen molar-refractivity contribution in [2.24, 2.45) is 0 Å². The average molecular weight is 258 g/mol. The zero-order valence-corrected chi connectivity index (χ0v) is 11.9. The maximum Gasteiger partial charge on any atom is 0.00218 e. The molecule has 2 heteroatoms. The van der Waals surface area contributed by atoms with E-state index in [0.717, 1.165) is 5.92 Å². The molecule has 104 valence electrons. The van der Waals surface area contributed by atoms with Gasteiger partial charge in [-0.15, -0.1) is 0 Å². The van der Waals surface area contributed by atoms with Gasteiger partial charge in [0.05, 0.1) is 0 Å². The number of piperidine rings is 1. The highest BCUT2D eigenvalue weighted by Crippen LogP contribution is 2.25. The van der Waals surface area contributed by atoms with Crippen LogP contribution in [-0.4, -0.2) is 37.6 Å². The molecule has 2 aliphatic rings. The second-order valence-corrected chi connectivity index (χ2v) is 6.06. The first-order chi connectivity index (χ1) is 9.42. The van der Waals surface area contributed by atoms with Crippen molar-refractivity contribution < 1.29 is 0 Å². The first-order valence-corrected chi connectivity index (χ1v) is 7.94. The molecule has 0 spiro atoms. The Balaban J connectivity index is 1.52. The number of likely N-dealkylation sites (tertiary alicyclic amines) is 1. The molecule has 0 aromatic heterocycles. The minimum atomic E-state index is 0.786. The fourth-order valence-corrected chi connectivity index (χ4v) is 3.41. The monoisotopic (exact) mass is 258 g/mol. The van der Waals surface area contributed by atoms with Crippen molar-refractivity contribution in [3.05, 3.63) is 35.4 Å². The number of nitrogens with zero attached hydrogens (tertiary/aromatic N) is 1. The van der Waals surface area contributed by atoms with E-state index in [2.05, 4.69) is 34.5 Å². The van der Waals surface area contributed by atoms with Gasteiger partial charge >= 0.3 is 0 Å². The van der Waals surface area contributed by atoms with Gasteiger partial charge in [-0.1, -0.05) is 24.3 Å². The SMILES string of the molecule is c1cc(C2CCNCC2)ccc1CCN1CCCC1. The van der Waals surface area contributed by atoms with E-state index in [4.69, 9.17) is 0 Å². The van der Waals surface area contributed by atoms with Crippen molar-refractivity contribution in [3.63, 3.8) is 0 Å². The molecule has 1 aromatic rings. The molecule has 0 unspecified atom stereocenters. The van der Waals surface area contributed by atoms with Crippen LogP contribution in [0.5, 0.6) is 0 Å². The molecule has 2 saturated heterocycles. The molecule has 0 bridgehead atoms. The minimum absolute atomic E-state index is 0.786. The van der Waals surface area contributed by atoms with Gasteiger partial charge in [-0.05, 0) is 75.3 Å². The number of rotatable bonds is 4. The van der Waals surface area contributed by atoms with E-state index in [9.17, 15) is 0 Å². The fraction of sp³-hybridized carbons (Fsp3) is 0.647. The minimum Gasteiger partial charge on any atom is -0.317 e. The second kappa shape index (κ2) is 6.53. The van der Waals surface area contributed by atoms with Gasteiger partial charge in [-0.25, -0.2) is 0 Å². The van der Waals surface area contributed by atoms with Crippen LogP contribution in [0.25, 0.3) is 0 Å². The van der Waals surface area contributed by atoms with Crippen LogP contribution in [-0.2, 0) is 6.42 Å². The highest BCUT2D eigenvalue weighted by molar-refractivity contribution is 5.26. The second-order valence-electron chi connectivity index (χ2n) is 6.06. The van der Waals surface area contributed by atoms with Gasteiger partial charge in [0.25, 0.3) is 0 Å². The van der Waals surface area contributed by atoms with Crippen molar-refractivity contribution in [2.45, 2.75) is 38.0 Å². The molecule has 0 amide bonds. The number of nitrogens with one attached hydrogen (secondary N) is 1. The number of hydrogen-bond acceptors (Lipinski definition) is 2. The van der Waals surface area contributed by atoms with Gasteiger partial charge in [0, 0.05) is 6.54 Å². The van der Waals surface area contributed by atoms with Gasteiger partial charge in [-0.2, -0.15) is 0 Å². The Morgan fingerprint density at radius 1 is 1.00 bits per heavy atom. The Morgan fingerprint density at radius 3 is 2.37 bits per heavy atom. The van der Waals surface area contributed by atoms with Crippen LogP contribution in [0, 0.1) is 0 Å². The van der Waals surface area contributed by atoms with E-state index in [-0.39, 0.29) is 0 Å². The summed E-state index contributed by atoms with van der Waals surface area (Å²) in [6.45, 7) is 6.23. The smallest absolute Gasteiger partial charge is 0.00218 e. The maximum atomic E-state index is 3.44. The van der Waals surface area contributed by atoms with E-state index >= 15 is 0 Å². The van der Waals surface area contributed by atoms with Gasteiger partial charge in [0.2, 0.25) is 0 Å². The van der Waals surface area contributed by atoms with Crippen LogP contribution >= 0.6 is 0 Å². The summed E-state index contributed by atoms with van der Waals surface area (Å²) in [6, 6.07) is 9.45. The van der Waals surface area contributed by atoms with Crippen molar-refractivity contribution in [3.8, 4) is 0 Å². The summed E-state index contributed by atoms with van der Waals surface area (Å²) >= 11 is 0. The summed E-state index contributed by atoms with van der Waals surface area (Å²) in [5.41, 5.74) is 3.05. The standard InChI is InChI=1S/C17H26N2/c1-2-13-19(12-1)14-9-15-3-5-16(6-4-15)17-7-10-18-11-8-17/h3-6,17-18H,1-2,7-14H2. The molecule has 2 aliphatic heterocycles. The molecular weight excluding hydrogens is 232 g/mol. The van der Waals surface area contributed by atoms with Crippen molar-refractivity contribution >= 4 is 0 Å². The Labute approximate surface area is 117 Å². The largest absolute Gasteiger partial charge is 0.317 e. The van der Waals surface area contributed by atoms with E-state index in [1.165, 1.54) is 70.4 Å². The topological polar surface area (TPSA) is 15.3 Å². The normalized spacial score (nSPS) is 21.9. The zero-order valence-electron chi connectivity index (χ0n) is 11.9. The molecule has 1 N–H and O–H groups in total. The lowest BCUT2D eigenvalue weighted by Gasteiger charge is -2.23. The fourth-order valence-electron chi connectivity index (χ4n) is 3.41. The summed E-state index contributed by atoms with van der Waals surface area (Å²) in [4.78, 5) is 2.60. The molecule has 2 fully saturated rings. The van der Waals surface area contributed by atoms with Gasteiger partial charge < -0.3 is 10.2 Å². The Morgan fingerprint density at radius 2 is 1.68 bits per heavy atom. The molecule has 1 aromatic carbocycles. The first kappa shape index (κ1) is 13.1. The third-order valence-corrected chi connectivity index (χ3v) is 4.71. The van der Waals surface area contributed by atoms with Crippen molar-refractivity contribution in [1.29, 1.82) is 0 Å². The lowest BCUT2D eigenvalue weighted by atomic mass is 9.89. The molecule has 2 heterocycles. The summed E-state index contributed by atoms with van der Waals surface area (Å²) in [7, 11) is 0. The highest BCUT2D eigenvalue weighted by Gasteiger charge is 2.15. The highest BCUT2D eigenvalue weighted by atomic mass is 15.1. The predicted molar refractivity (Wildman–Crippen MR) is 80.7 cm³/mol. The summed E-state index contributed by atoms with van der Waals surface area (Å²) in [6.07, 6.45) is 6.61. The van der Waals surface area contributed by atoms with Crippen LogP contribution in [0.1, 0.15) is 42.7 Å². The summed E-state index contributed by atoms with van der Waals surface area (Å²) < 4.78 is 0. The Hall–Kier alpha value is -0.860. The quantitative estimate of drug-likeness (QED) is 0.893. The molecule has 0 atom stereocenters. The average Bonchev–Trinajstić information content (AvgIpc) is 3.00. The number of benzene rings is 1. The van der Waals surface area contributed by atoms with E-state index in [0.29, 0.717) is 0 Å². The molecule has 0 radical (unpaired) electrons. The molecule has 19 heavy (non-hydrogen) atoms. The molecular formula is C17H26N2. The van der Waals surface area contributed by atoms with Crippen molar-refractivity contribution in [2.75, 3.05) is 32.7 Å². The lowest BCUT2D eigenvalue weighted by molar-refractivity contribution is 0.343. The van der Waals surface area contributed by atoms with Crippen LogP contribution in [0.3, 0.4) is 0 Å². The van der Waals surface area contributed by atoms with Crippen LogP contribution in [0.4, 0.5) is 0 Å². The molecule has 2 nitrogen and oxygen atoms in total. The van der Waals surface area contributed by atoms with Gasteiger partial charge in [0.1, 0.15) is 0 Å². The van der Waals surface area contributed by atoms with E-state index < -0.39 is 0 Å². The van der Waals surface area contributed by atoms with Gasteiger partial charge in [0.15, 0.2) is 0 Å². The zero-order chi connectivity index (χ0) is 12.9. The van der Waals surface area contributed by atoms with E-state index in [1.54, 1.807) is 5.56 Å². The summed E-state index contributed by atoms with van der Waals surface area (Å²) in [5.74, 6) is 0.786. The Kier molecular flexibility index (Phi) is 4.52. The van der Waals surface area contributed by atoms with Crippen molar-refractivity contribution in [1.82, 2.24) is 10.2 Å². The third-order valence-electron chi connectivity index (χ3n) is 4.71. The van der Waals surface area contributed by atoms with Crippen LogP contribution in [0.15, 0.2) is 24.3 Å². The Bertz CT molecular complexity index is 373. The van der Waals surface area contributed by atoms with E-state index in [1.807, 2.05) is 0 Å². The number of hydrogen-bond donors (Lipinski definition) is 1. The molecule has 0 aliphatic carbocycles. The maximum absolute atomic E-state index is 3.44. The van der Waals surface area contributed by atoms with Crippen LogP contribution < -0.4 is 5.32 Å². The van der Waals surface area contributed by atoms with Crippen LogP contribution in [0.2, 0.25) is 0 Å². The first-order valence-electron chi connectivity index (χ1n) is 7.94. The predicted octanol–water partition coefficient (Wildman–Crippen LogP) is 2.79. The summed E-state index contributed by atoms with van der Waals surface area (Å²) in [5, 5.41) is 3.44. The lowest BCUT2D eigenvalue weighted by Crippen LogP contribution is -2.26. The van der Waals surface area contributed by atoms with Gasteiger partial charge in [-0.3, -0.25) is 0 Å².